The largest absolute Gasteiger partial charge is 0.417 e. The number of alkyl halides is 3. The van der Waals surface area contributed by atoms with Crippen molar-refractivity contribution < 1.29 is 27.8 Å². The lowest BCUT2D eigenvalue weighted by molar-refractivity contribution is -0.137. The van der Waals surface area contributed by atoms with Crippen LogP contribution in [0, 0.1) is 0 Å². The van der Waals surface area contributed by atoms with Crippen molar-refractivity contribution in [2.24, 2.45) is 0 Å². The number of hydrogen-bond donors (Lipinski definition) is 2. The normalized spacial score (nSPS) is 17.4. The van der Waals surface area contributed by atoms with Crippen LogP contribution in [-0.4, -0.2) is 38.0 Å². The molecule has 3 aromatic rings. The summed E-state index contributed by atoms with van der Waals surface area (Å²) < 4.78 is 44.3. The summed E-state index contributed by atoms with van der Waals surface area (Å²) in [5.41, 5.74) is 8.16. The molecule has 1 aromatic carbocycles. The predicted molar refractivity (Wildman–Crippen MR) is 120 cm³/mol. The summed E-state index contributed by atoms with van der Waals surface area (Å²) in [7, 11) is 0. The van der Waals surface area contributed by atoms with E-state index in [9.17, 15) is 23.1 Å². The first-order chi connectivity index (χ1) is 16.0. The number of halogens is 3. The van der Waals surface area contributed by atoms with E-state index in [1.165, 1.54) is 11.0 Å². The van der Waals surface area contributed by atoms with Gasteiger partial charge in [0.2, 0.25) is 0 Å². The third-order valence-corrected chi connectivity index (χ3v) is 6.23. The molecule has 0 saturated carbocycles. The number of nitrogen functional groups attached to an aromatic ring is 1. The van der Waals surface area contributed by atoms with E-state index in [-0.39, 0.29) is 18.3 Å². The maximum Gasteiger partial charge on any atom is 0.417 e. The van der Waals surface area contributed by atoms with Crippen LogP contribution in [0.1, 0.15) is 59.6 Å². The van der Waals surface area contributed by atoms with Crippen molar-refractivity contribution in [1.29, 1.82) is 0 Å². The molecule has 4 rings (SSSR count). The zero-order valence-electron chi connectivity index (χ0n) is 18.9. The van der Waals surface area contributed by atoms with Crippen molar-refractivity contribution in [3.8, 4) is 0 Å². The fraction of sp³-hybridized carbons (Fsp3) is 0.375. The van der Waals surface area contributed by atoms with Crippen LogP contribution in [0.3, 0.4) is 0 Å². The average Bonchev–Trinajstić information content (AvgIpc) is 3.18. The fourth-order valence-corrected chi connectivity index (χ4v) is 4.09. The van der Waals surface area contributed by atoms with Gasteiger partial charge in [0.15, 0.2) is 0 Å². The summed E-state index contributed by atoms with van der Waals surface area (Å²) in [4.78, 5) is 23.2. The first kappa shape index (κ1) is 23.9. The number of aliphatic hydroxyl groups excluding tert-OH is 1. The van der Waals surface area contributed by atoms with Gasteiger partial charge >= 0.3 is 6.18 Å². The Hall–Kier alpha value is -3.24. The van der Waals surface area contributed by atoms with Crippen LogP contribution in [0.4, 0.5) is 19.0 Å². The number of ether oxygens (including phenoxy) is 1. The highest BCUT2D eigenvalue weighted by atomic mass is 19.4. The highest BCUT2D eigenvalue weighted by molar-refractivity contribution is 5.99. The third-order valence-electron chi connectivity index (χ3n) is 6.23. The van der Waals surface area contributed by atoms with Crippen LogP contribution in [0.25, 0.3) is 10.9 Å². The number of amides is 1. The molecule has 34 heavy (non-hydrogen) atoms. The van der Waals surface area contributed by atoms with Crippen LogP contribution >= 0.6 is 0 Å². The number of pyridine rings is 2. The monoisotopic (exact) mass is 474 g/mol. The molecule has 180 valence electrons. The Balaban J connectivity index is 1.70. The van der Waals surface area contributed by atoms with Gasteiger partial charge in [-0.15, -0.1) is 0 Å². The molecule has 0 unspecified atom stereocenters. The maximum atomic E-state index is 13.5. The summed E-state index contributed by atoms with van der Waals surface area (Å²) in [5, 5.41) is 10.9. The maximum absolute atomic E-state index is 13.5. The zero-order valence-corrected chi connectivity index (χ0v) is 18.9. The molecule has 0 fully saturated rings. The molecule has 0 saturated heterocycles. The molecule has 3 N–H and O–H groups in total. The molecule has 10 heteroatoms. The lowest BCUT2D eigenvalue weighted by Crippen LogP contribution is -2.44. The Kier molecular flexibility index (Phi) is 6.22. The van der Waals surface area contributed by atoms with Gasteiger partial charge < -0.3 is 20.5 Å². The standard InChI is InChI=1S/C24H25F3N4O3/c1-12(13(2)32)31(10-17-6-5-16(9-29-17)24(25,26)27)23(33)15-4-7-20-18(8-15)19-11-34-14(3)21(19)22(28)30-20/h4-9,12-14,32H,10-11H2,1-3H3,(H2,28,30)/t12-,13-,14-/m1/s1. The number of fused-ring (bicyclic) bond motifs is 3. The Bertz CT molecular complexity index is 1230. The number of aromatic nitrogens is 2. The van der Waals surface area contributed by atoms with E-state index in [2.05, 4.69) is 9.97 Å². The molecule has 1 amide bonds. The van der Waals surface area contributed by atoms with E-state index in [4.69, 9.17) is 10.5 Å². The Labute approximate surface area is 194 Å². The van der Waals surface area contributed by atoms with Crippen molar-refractivity contribution >= 4 is 22.6 Å². The fourth-order valence-electron chi connectivity index (χ4n) is 4.09. The van der Waals surface area contributed by atoms with Gasteiger partial charge in [-0.25, -0.2) is 4.98 Å². The van der Waals surface area contributed by atoms with Gasteiger partial charge in [-0.3, -0.25) is 9.78 Å². The summed E-state index contributed by atoms with van der Waals surface area (Å²) in [6.45, 7) is 5.38. The van der Waals surface area contributed by atoms with Crippen molar-refractivity contribution in [2.75, 3.05) is 5.73 Å². The van der Waals surface area contributed by atoms with Gasteiger partial charge in [0.25, 0.3) is 5.91 Å². The minimum absolute atomic E-state index is 0.0701. The number of benzene rings is 1. The predicted octanol–water partition coefficient (Wildman–Crippen LogP) is 4.23. The van der Waals surface area contributed by atoms with Crippen molar-refractivity contribution in [3.63, 3.8) is 0 Å². The quantitative estimate of drug-likeness (QED) is 0.574. The van der Waals surface area contributed by atoms with E-state index in [0.29, 0.717) is 23.5 Å². The molecule has 1 aliphatic rings. The number of rotatable bonds is 5. The number of aliphatic hydroxyl groups is 1. The number of anilines is 1. The molecule has 7 nitrogen and oxygen atoms in total. The van der Waals surface area contributed by atoms with E-state index >= 15 is 0 Å². The van der Waals surface area contributed by atoms with E-state index in [1.54, 1.807) is 32.0 Å². The molecule has 1 aliphatic heterocycles. The second-order valence-corrected chi connectivity index (χ2v) is 8.52. The lowest BCUT2D eigenvalue weighted by Gasteiger charge is -2.31. The first-order valence-electron chi connectivity index (χ1n) is 10.8. The molecule has 0 aliphatic carbocycles. The summed E-state index contributed by atoms with van der Waals surface area (Å²) in [6, 6.07) is 6.57. The average molecular weight is 474 g/mol. The number of carbonyl (C=O) groups excluding carboxylic acids is 1. The molecular formula is C24H25F3N4O3. The minimum atomic E-state index is -4.50. The highest BCUT2D eigenvalue weighted by Gasteiger charge is 2.32. The molecule has 0 radical (unpaired) electrons. The number of carbonyl (C=O) groups is 1. The van der Waals surface area contributed by atoms with E-state index < -0.39 is 29.8 Å². The second kappa shape index (κ2) is 8.84. The minimum Gasteiger partial charge on any atom is -0.391 e. The second-order valence-electron chi connectivity index (χ2n) is 8.52. The van der Waals surface area contributed by atoms with Gasteiger partial charge in [0.1, 0.15) is 5.82 Å². The number of nitrogens with two attached hydrogens (primary N) is 1. The molecule has 2 aromatic heterocycles. The van der Waals surface area contributed by atoms with E-state index in [0.717, 1.165) is 28.8 Å². The van der Waals surface area contributed by atoms with E-state index in [1.807, 2.05) is 6.92 Å². The van der Waals surface area contributed by atoms with Crippen LogP contribution in [-0.2, 0) is 24.1 Å². The van der Waals surface area contributed by atoms with Crippen molar-refractivity contribution in [3.05, 3.63) is 64.5 Å². The zero-order chi connectivity index (χ0) is 24.8. The molecule has 0 bridgehead atoms. The Morgan fingerprint density at radius 2 is 2.03 bits per heavy atom. The smallest absolute Gasteiger partial charge is 0.391 e. The van der Waals surface area contributed by atoms with Gasteiger partial charge in [0.05, 0.1) is 48.2 Å². The van der Waals surface area contributed by atoms with Crippen molar-refractivity contribution in [2.45, 2.75) is 58.3 Å². The molecular weight excluding hydrogens is 449 g/mol. The summed E-state index contributed by atoms with van der Waals surface area (Å²) in [5.74, 6) is -0.00107. The van der Waals surface area contributed by atoms with Crippen LogP contribution in [0.2, 0.25) is 0 Å². The summed E-state index contributed by atoms with van der Waals surface area (Å²) in [6.07, 6.45) is -4.85. The number of hydrogen-bond acceptors (Lipinski definition) is 6. The van der Waals surface area contributed by atoms with Gasteiger partial charge in [-0.1, -0.05) is 0 Å². The number of nitrogens with zero attached hydrogens (tertiary/aromatic N) is 3. The first-order valence-corrected chi connectivity index (χ1v) is 10.8. The molecule has 3 heterocycles. The molecule has 0 spiro atoms. The summed E-state index contributed by atoms with van der Waals surface area (Å²) >= 11 is 0. The van der Waals surface area contributed by atoms with Gasteiger partial charge in [-0.05, 0) is 56.7 Å². The lowest BCUT2D eigenvalue weighted by atomic mass is 9.99. The SMILES string of the molecule is C[C@H]([C@@H](C)O)N(Cc1ccc(C(F)(F)F)cn1)C(=O)c1ccc2nc(N)c3c(c2c1)CO[C@@H]3C. The van der Waals surface area contributed by atoms with Crippen LogP contribution in [0.5, 0.6) is 0 Å². The van der Waals surface area contributed by atoms with Crippen molar-refractivity contribution in [1.82, 2.24) is 14.9 Å². The Morgan fingerprint density at radius 1 is 1.29 bits per heavy atom. The molecule has 3 atom stereocenters. The van der Waals surface area contributed by atoms with Crippen LogP contribution in [0.15, 0.2) is 36.5 Å². The third kappa shape index (κ3) is 4.43. The Morgan fingerprint density at radius 3 is 2.65 bits per heavy atom. The van der Waals surface area contributed by atoms with Crippen LogP contribution < -0.4 is 5.73 Å². The highest BCUT2D eigenvalue weighted by Crippen LogP contribution is 2.38. The van der Waals surface area contributed by atoms with Gasteiger partial charge in [0, 0.05) is 22.7 Å². The topological polar surface area (TPSA) is 102 Å². The van der Waals surface area contributed by atoms with Gasteiger partial charge in [-0.2, -0.15) is 13.2 Å².